The molecule has 1 aromatic heterocycles. The largest absolute Gasteiger partial charge is 0.466 e. The Hall–Kier alpha value is -3.16. The summed E-state index contributed by atoms with van der Waals surface area (Å²) in [5.41, 5.74) is 2.65. The van der Waals surface area contributed by atoms with Crippen molar-refractivity contribution in [3.8, 4) is 5.69 Å². The Morgan fingerprint density at radius 2 is 2.04 bits per heavy atom. The highest BCUT2D eigenvalue weighted by atomic mass is 16.5. The predicted molar refractivity (Wildman–Crippen MR) is 89.7 cm³/mol. The van der Waals surface area contributed by atoms with Crippen LogP contribution in [0.15, 0.2) is 48.2 Å². The molecule has 2 heterocycles. The van der Waals surface area contributed by atoms with E-state index in [9.17, 15) is 9.59 Å². The van der Waals surface area contributed by atoms with E-state index in [0.29, 0.717) is 17.8 Å². The summed E-state index contributed by atoms with van der Waals surface area (Å²) in [6, 6.07) is 6.60. The molecule has 1 N–H and O–H groups in total. The van der Waals surface area contributed by atoms with Crippen molar-refractivity contribution in [2.45, 2.75) is 19.9 Å². The van der Waals surface area contributed by atoms with E-state index < -0.39 is 12.0 Å². The number of ether oxygens (including phenoxy) is 1. The minimum atomic E-state index is -0.562. The van der Waals surface area contributed by atoms with Crippen LogP contribution in [-0.2, 0) is 9.53 Å². The second-order valence-corrected chi connectivity index (χ2v) is 5.55. The first-order valence-electron chi connectivity index (χ1n) is 7.88. The molecule has 130 valence electrons. The van der Waals surface area contributed by atoms with Gasteiger partial charge >= 0.3 is 12.0 Å². The minimum Gasteiger partial charge on any atom is -0.466 e. The molecule has 8 nitrogen and oxygen atoms in total. The second-order valence-electron chi connectivity index (χ2n) is 5.55. The average Bonchev–Trinajstić information content (AvgIpc) is 3.16. The Balaban J connectivity index is 2.00. The van der Waals surface area contributed by atoms with Crippen molar-refractivity contribution >= 4 is 12.0 Å². The molecular formula is C17H19N5O3. The van der Waals surface area contributed by atoms with Crippen LogP contribution in [0.1, 0.15) is 25.5 Å². The molecule has 1 unspecified atom stereocenters. The van der Waals surface area contributed by atoms with Gasteiger partial charge in [0.1, 0.15) is 12.7 Å². The zero-order valence-corrected chi connectivity index (χ0v) is 14.3. The maximum atomic E-state index is 12.3. The maximum absolute atomic E-state index is 12.3. The zero-order valence-electron chi connectivity index (χ0n) is 14.3. The molecule has 1 aromatic carbocycles. The molecule has 3 rings (SSSR count). The molecule has 2 amide bonds. The third kappa shape index (κ3) is 2.98. The zero-order chi connectivity index (χ0) is 18.0. The molecule has 0 bridgehead atoms. The number of hydrogen-bond acceptors (Lipinski definition) is 5. The van der Waals surface area contributed by atoms with Gasteiger partial charge in [-0.1, -0.05) is 12.1 Å². The van der Waals surface area contributed by atoms with Gasteiger partial charge in [0.15, 0.2) is 0 Å². The highest BCUT2D eigenvalue weighted by Gasteiger charge is 2.35. The van der Waals surface area contributed by atoms with E-state index in [1.165, 1.54) is 18.3 Å². The third-order valence-electron chi connectivity index (χ3n) is 4.23. The lowest BCUT2D eigenvalue weighted by atomic mass is 9.94. The molecule has 0 saturated heterocycles. The van der Waals surface area contributed by atoms with E-state index in [4.69, 9.17) is 4.74 Å². The van der Waals surface area contributed by atoms with Crippen LogP contribution in [0.5, 0.6) is 0 Å². The van der Waals surface area contributed by atoms with Crippen molar-refractivity contribution in [2.75, 3.05) is 13.7 Å². The summed E-state index contributed by atoms with van der Waals surface area (Å²) in [4.78, 5) is 30.1. The van der Waals surface area contributed by atoms with Gasteiger partial charge in [0.05, 0.1) is 24.4 Å². The SMILES string of the molecule is CCN1C(=O)NC(c2ccc(-n3cncn3)cc2)C(C(=O)OC)=C1C. The molecule has 0 saturated carbocycles. The number of allylic oxidation sites excluding steroid dienone is 1. The van der Waals surface area contributed by atoms with Crippen LogP contribution in [0, 0.1) is 0 Å². The van der Waals surface area contributed by atoms with Crippen LogP contribution in [0.2, 0.25) is 0 Å². The van der Waals surface area contributed by atoms with Crippen LogP contribution in [0.25, 0.3) is 5.69 Å². The normalized spacial score (nSPS) is 17.5. The number of hydrogen-bond donors (Lipinski definition) is 1. The Morgan fingerprint density at radius 3 is 2.60 bits per heavy atom. The number of nitrogens with one attached hydrogen (secondary N) is 1. The fourth-order valence-corrected chi connectivity index (χ4v) is 2.95. The first-order valence-corrected chi connectivity index (χ1v) is 7.88. The first-order chi connectivity index (χ1) is 12.1. The Bertz CT molecular complexity index is 811. The highest BCUT2D eigenvalue weighted by molar-refractivity contribution is 5.95. The lowest BCUT2D eigenvalue weighted by molar-refractivity contribution is -0.136. The van der Waals surface area contributed by atoms with Gasteiger partial charge in [-0.25, -0.2) is 19.3 Å². The molecule has 0 radical (unpaired) electrons. The second kappa shape index (κ2) is 6.76. The predicted octanol–water partition coefficient (Wildman–Crippen LogP) is 1.80. The van der Waals surface area contributed by atoms with Crippen LogP contribution in [0.3, 0.4) is 0 Å². The fourth-order valence-electron chi connectivity index (χ4n) is 2.95. The number of nitrogens with zero attached hydrogens (tertiary/aromatic N) is 4. The summed E-state index contributed by atoms with van der Waals surface area (Å²) in [5.74, 6) is -0.457. The summed E-state index contributed by atoms with van der Waals surface area (Å²) in [5, 5.41) is 6.95. The Kier molecular flexibility index (Phi) is 4.51. The van der Waals surface area contributed by atoms with Gasteiger partial charge in [0.2, 0.25) is 0 Å². The first kappa shape index (κ1) is 16.7. The minimum absolute atomic E-state index is 0.238. The van der Waals surface area contributed by atoms with E-state index in [0.717, 1.165) is 11.3 Å². The Labute approximate surface area is 145 Å². The highest BCUT2D eigenvalue weighted by Crippen LogP contribution is 2.31. The molecule has 0 aliphatic carbocycles. The van der Waals surface area contributed by atoms with Crippen molar-refractivity contribution in [2.24, 2.45) is 0 Å². The van der Waals surface area contributed by atoms with Gasteiger partial charge in [-0.15, -0.1) is 0 Å². The monoisotopic (exact) mass is 341 g/mol. The van der Waals surface area contributed by atoms with Crippen molar-refractivity contribution in [1.29, 1.82) is 0 Å². The molecule has 1 aliphatic rings. The number of carbonyl (C=O) groups is 2. The van der Waals surface area contributed by atoms with Crippen LogP contribution in [-0.4, -0.2) is 45.3 Å². The number of urea groups is 1. The number of methoxy groups -OCH3 is 1. The van der Waals surface area contributed by atoms with E-state index in [-0.39, 0.29) is 6.03 Å². The van der Waals surface area contributed by atoms with Crippen molar-refractivity contribution in [3.05, 3.63) is 53.8 Å². The fraction of sp³-hybridized carbons (Fsp3) is 0.294. The van der Waals surface area contributed by atoms with Gasteiger partial charge in [0, 0.05) is 12.2 Å². The summed E-state index contributed by atoms with van der Waals surface area (Å²) in [6.45, 7) is 4.08. The summed E-state index contributed by atoms with van der Waals surface area (Å²) in [6.07, 6.45) is 3.05. The van der Waals surface area contributed by atoms with E-state index in [2.05, 4.69) is 15.4 Å². The number of esters is 1. The standard InChI is InChI=1S/C17H19N5O3/c1-4-21-11(2)14(16(23)25-3)15(20-17(21)24)12-5-7-13(8-6-12)22-10-18-9-19-22/h5-10,15H,4H2,1-3H3,(H,20,24). The summed E-state index contributed by atoms with van der Waals surface area (Å²) >= 11 is 0. The summed E-state index contributed by atoms with van der Waals surface area (Å²) < 4.78 is 6.55. The molecule has 0 fully saturated rings. The van der Waals surface area contributed by atoms with E-state index in [1.54, 1.807) is 17.9 Å². The molecular weight excluding hydrogens is 322 g/mol. The van der Waals surface area contributed by atoms with Crippen molar-refractivity contribution < 1.29 is 14.3 Å². The molecule has 1 aliphatic heterocycles. The van der Waals surface area contributed by atoms with Crippen LogP contribution >= 0.6 is 0 Å². The maximum Gasteiger partial charge on any atom is 0.337 e. The molecule has 1 atom stereocenters. The van der Waals surface area contributed by atoms with Crippen molar-refractivity contribution in [1.82, 2.24) is 25.0 Å². The number of rotatable bonds is 4. The van der Waals surface area contributed by atoms with Crippen molar-refractivity contribution in [3.63, 3.8) is 0 Å². The van der Waals surface area contributed by atoms with Gasteiger partial charge in [0.25, 0.3) is 0 Å². The quantitative estimate of drug-likeness (QED) is 0.857. The molecule has 0 spiro atoms. The van der Waals surface area contributed by atoms with Gasteiger partial charge < -0.3 is 10.1 Å². The number of amides is 2. The molecule has 2 aromatic rings. The number of carbonyl (C=O) groups excluding carboxylic acids is 2. The van der Waals surface area contributed by atoms with Crippen LogP contribution in [0.4, 0.5) is 4.79 Å². The lowest BCUT2D eigenvalue weighted by Gasteiger charge is -2.34. The van der Waals surface area contributed by atoms with Gasteiger partial charge in [-0.3, -0.25) is 4.90 Å². The molecule has 25 heavy (non-hydrogen) atoms. The average molecular weight is 341 g/mol. The number of aromatic nitrogens is 3. The smallest absolute Gasteiger partial charge is 0.337 e. The van der Waals surface area contributed by atoms with Gasteiger partial charge in [-0.2, -0.15) is 5.10 Å². The van der Waals surface area contributed by atoms with Gasteiger partial charge in [-0.05, 0) is 31.5 Å². The van der Waals surface area contributed by atoms with E-state index in [1.807, 2.05) is 31.2 Å². The third-order valence-corrected chi connectivity index (χ3v) is 4.23. The Morgan fingerprint density at radius 1 is 1.32 bits per heavy atom. The molecule has 8 heteroatoms. The number of benzene rings is 1. The van der Waals surface area contributed by atoms with Crippen LogP contribution < -0.4 is 5.32 Å². The topological polar surface area (TPSA) is 89.4 Å². The van der Waals surface area contributed by atoms with E-state index >= 15 is 0 Å². The summed E-state index contributed by atoms with van der Waals surface area (Å²) in [7, 11) is 1.33. The lowest BCUT2D eigenvalue weighted by Crippen LogP contribution is -2.47.